The van der Waals surface area contributed by atoms with E-state index in [0.717, 1.165) is 15.7 Å². The molecule has 0 atom stereocenters. The number of fused-ring (bicyclic) bond motifs is 2. The first-order valence-electron chi connectivity index (χ1n) is 8.24. The van der Waals surface area contributed by atoms with E-state index in [1.807, 2.05) is 20.0 Å². The van der Waals surface area contributed by atoms with Gasteiger partial charge in [-0.25, -0.2) is 4.90 Å². The first-order chi connectivity index (χ1) is 12.7. The van der Waals surface area contributed by atoms with Crippen molar-refractivity contribution >= 4 is 54.9 Å². The molecule has 1 N–H and O–H groups in total. The van der Waals surface area contributed by atoms with E-state index in [-0.39, 0.29) is 27.9 Å². The van der Waals surface area contributed by atoms with Crippen LogP contribution < -0.4 is 15.4 Å². The summed E-state index contributed by atoms with van der Waals surface area (Å²) in [5.41, 5.74) is 1.72. The number of nitrogens with zero attached hydrogens (tertiary/aromatic N) is 1. The zero-order valence-corrected chi connectivity index (χ0v) is 16.5. The Kier molecular flexibility index (Phi) is 3.83. The maximum atomic E-state index is 13.1. The normalized spacial score (nSPS) is 15.5. The molecule has 0 aliphatic carbocycles. The van der Waals surface area contributed by atoms with Gasteiger partial charge in [0.25, 0.3) is 23.6 Å². The Bertz CT molecular complexity index is 1090. The topological polar surface area (TPSA) is 83.6 Å². The number of rotatable bonds is 2. The van der Waals surface area contributed by atoms with Crippen LogP contribution >= 0.6 is 11.6 Å². The largest absolute Gasteiger partial charge is 0.288 e. The summed E-state index contributed by atoms with van der Waals surface area (Å²) in [6.07, 6.45) is 0. The summed E-state index contributed by atoms with van der Waals surface area (Å²) in [4.78, 5) is 51.8. The van der Waals surface area contributed by atoms with Crippen LogP contribution in [0.4, 0.5) is 5.69 Å². The second-order valence-electron chi connectivity index (χ2n) is 6.76. The van der Waals surface area contributed by atoms with Crippen LogP contribution in [0.15, 0.2) is 24.3 Å². The molecule has 2 heterocycles. The molecule has 0 unspecified atom stereocenters. The van der Waals surface area contributed by atoms with E-state index in [1.54, 1.807) is 12.1 Å². The standard InChI is InChI=1S/C19H14ClN2O4Si/c1-8-6-12-13(17(24)21-16(12)23)14(15(8)27(2)3)22-18(25)10-5-4-9(20)7-11(10)19(22)26/h4-7H,1-3H3,(H,21,23,24). The summed E-state index contributed by atoms with van der Waals surface area (Å²) in [5.74, 6) is -2.17. The highest BCUT2D eigenvalue weighted by Gasteiger charge is 2.43. The van der Waals surface area contributed by atoms with Crippen molar-refractivity contribution in [1.29, 1.82) is 0 Å². The number of hydrogen-bond acceptors (Lipinski definition) is 4. The van der Waals surface area contributed by atoms with Gasteiger partial charge in [-0.2, -0.15) is 0 Å². The van der Waals surface area contributed by atoms with E-state index in [2.05, 4.69) is 5.32 Å². The number of halogens is 1. The Balaban J connectivity index is 2.04. The minimum atomic E-state index is -1.17. The molecule has 6 nitrogen and oxygen atoms in total. The quantitative estimate of drug-likeness (QED) is 0.622. The van der Waals surface area contributed by atoms with Gasteiger partial charge in [-0.15, -0.1) is 0 Å². The summed E-state index contributed by atoms with van der Waals surface area (Å²) in [6, 6.07) is 6.15. The molecule has 4 rings (SSSR count). The lowest BCUT2D eigenvalue weighted by atomic mass is 10.0. The first kappa shape index (κ1) is 17.6. The lowest BCUT2D eigenvalue weighted by Crippen LogP contribution is -2.40. The molecular weight excluding hydrogens is 384 g/mol. The van der Waals surface area contributed by atoms with E-state index in [0.29, 0.717) is 5.02 Å². The van der Waals surface area contributed by atoms with Gasteiger partial charge >= 0.3 is 0 Å². The van der Waals surface area contributed by atoms with Gasteiger partial charge in [-0.1, -0.05) is 24.7 Å². The first-order valence-corrected chi connectivity index (χ1v) is 11.1. The monoisotopic (exact) mass is 397 g/mol. The van der Waals surface area contributed by atoms with Gasteiger partial charge in [0.1, 0.15) is 0 Å². The number of aryl methyl sites for hydroxylation is 1. The van der Waals surface area contributed by atoms with Gasteiger partial charge < -0.3 is 0 Å². The molecule has 2 aromatic rings. The third-order valence-corrected chi connectivity index (χ3v) is 6.64. The van der Waals surface area contributed by atoms with E-state index >= 15 is 0 Å². The van der Waals surface area contributed by atoms with Crippen molar-refractivity contribution in [2.24, 2.45) is 0 Å². The SMILES string of the molecule is Cc1cc2c(c(N3C(=O)c4ccc(Cl)cc4C3=O)c1[Si](C)C)C(=O)NC2=O. The maximum Gasteiger partial charge on any atom is 0.266 e. The summed E-state index contributed by atoms with van der Waals surface area (Å²) in [5, 5.41) is 3.39. The maximum absolute atomic E-state index is 13.1. The van der Waals surface area contributed by atoms with Gasteiger partial charge in [0.05, 0.1) is 36.7 Å². The van der Waals surface area contributed by atoms with Crippen molar-refractivity contribution in [2.45, 2.75) is 20.0 Å². The van der Waals surface area contributed by atoms with Crippen LogP contribution in [-0.2, 0) is 0 Å². The molecule has 27 heavy (non-hydrogen) atoms. The lowest BCUT2D eigenvalue weighted by Gasteiger charge is -2.24. The molecule has 2 aliphatic heterocycles. The van der Waals surface area contributed by atoms with E-state index in [1.165, 1.54) is 12.1 Å². The molecule has 2 aromatic carbocycles. The van der Waals surface area contributed by atoms with Crippen molar-refractivity contribution in [3.63, 3.8) is 0 Å². The molecule has 0 bridgehead atoms. The summed E-state index contributed by atoms with van der Waals surface area (Å²) < 4.78 is 0. The van der Waals surface area contributed by atoms with Crippen LogP contribution in [0.25, 0.3) is 0 Å². The van der Waals surface area contributed by atoms with Gasteiger partial charge in [0, 0.05) is 5.02 Å². The number of hydrogen-bond donors (Lipinski definition) is 1. The summed E-state index contributed by atoms with van der Waals surface area (Å²) >= 11 is 5.99. The van der Waals surface area contributed by atoms with Crippen molar-refractivity contribution < 1.29 is 19.2 Å². The van der Waals surface area contributed by atoms with Gasteiger partial charge in [0.2, 0.25) is 0 Å². The number of nitrogens with one attached hydrogen (secondary N) is 1. The number of anilines is 1. The smallest absolute Gasteiger partial charge is 0.266 e. The van der Waals surface area contributed by atoms with Crippen LogP contribution in [-0.4, -0.2) is 32.4 Å². The Labute approximate surface area is 161 Å². The molecular formula is C19H14ClN2O4Si. The van der Waals surface area contributed by atoms with Crippen molar-refractivity contribution in [1.82, 2.24) is 5.32 Å². The third-order valence-electron chi connectivity index (χ3n) is 4.77. The van der Waals surface area contributed by atoms with E-state index in [4.69, 9.17) is 11.6 Å². The fourth-order valence-electron chi connectivity index (χ4n) is 3.71. The molecule has 0 spiro atoms. The fraction of sp³-hybridized carbons (Fsp3) is 0.158. The predicted octanol–water partition coefficient (Wildman–Crippen LogP) is 2.29. The van der Waals surface area contributed by atoms with Crippen LogP contribution in [0, 0.1) is 6.92 Å². The lowest BCUT2D eigenvalue weighted by molar-refractivity contribution is 0.0878. The molecule has 0 saturated heterocycles. The molecule has 1 radical (unpaired) electrons. The number of amides is 4. The Morgan fingerprint density at radius 1 is 0.926 bits per heavy atom. The fourth-order valence-corrected chi connectivity index (χ4v) is 5.46. The molecule has 4 amide bonds. The Morgan fingerprint density at radius 2 is 1.59 bits per heavy atom. The average Bonchev–Trinajstić information content (AvgIpc) is 3.00. The highest BCUT2D eigenvalue weighted by molar-refractivity contribution is 6.73. The Hall–Kier alpha value is -2.77. The van der Waals surface area contributed by atoms with Crippen LogP contribution in [0.1, 0.15) is 47.0 Å². The predicted molar refractivity (Wildman–Crippen MR) is 103 cm³/mol. The zero-order valence-electron chi connectivity index (χ0n) is 14.8. The van der Waals surface area contributed by atoms with E-state index in [9.17, 15) is 19.2 Å². The zero-order chi connectivity index (χ0) is 19.6. The Morgan fingerprint density at radius 3 is 2.26 bits per heavy atom. The van der Waals surface area contributed by atoms with Crippen molar-refractivity contribution in [3.05, 3.63) is 57.1 Å². The molecule has 135 valence electrons. The number of carbonyl (C=O) groups is 4. The molecule has 0 aromatic heterocycles. The van der Waals surface area contributed by atoms with Crippen LogP contribution in [0.2, 0.25) is 18.1 Å². The molecule has 2 aliphatic rings. The number of benzene rings is 2. The summed E-state index contributed by atoms with van der Waals surface area (Å²) in [6.45, 7) is 5.83. The minimum absolute atomic E-state index is 0.0902. The second kappa shape index (κ2) is 5.87. The highest BCUT2D eigenvalue weighted by atomic mass is 35.5. The van der Waals surface area contributed by atoms with Crippen LogP contribution in [0.5, 0.6) is 0 Å². The number of imide groups is 2. The van der Waals surface area contributed by atoms with Gasteiger partial charge in [-0.05, 0) is 41.9 Å². The minimum Gasteiger partial charge on any atom is -0.288 e. The van der Waals surface area contributed by atoms with Gasteiger partial charge in [0.15, 0.2) is 0 Å². The molecule has 8 heteroatoms. The summed E-state index contributed by atoms with van der Waals surface area (Å²) in [7, 11) is -1.17. The number of carbonyl (C=O) groups excluding carboxylic acids is 4. The highest BCUT2D eigenvalue weighted by Crippen LogP contribution is 2.35. The van der Waals surface area contributed by atoms with E-state index < -0.39 is 32.4 Å². The van der Waals surface area contributed by atoms with Crippen molar-refractivity contribution in [2.75, 3.05) is 4.90 Å². The average molecular weight is 398 g/mol. The molecule has 0 fully saturated rings. The van der Waals surface area contributed by atoms with Crippen LogP contribution in [0.3, 0.4) is 0 Å². The second-order valence-corrected chi connectivity index (χ2v) is 9.69. The van der Waals surface area contributed by atoms with Gasteiger partial charge in [-0.3, -0.25) is 24.5 Å². The third kappa shape index (κ3) is 2.39. The molecule has 0 saturated carbocycles. The van der Waals surface area contributed by atoms with Crippen molar-refractivity contribution in [3.8, 4) is 0 Å².